The van der Waals surface area contributed by atoms with Crippen molar-refractivity contribution >= 4 is 29.3 Å². The molecule has 1 amide bonds. The number of carbonyl (C=O) groups is 2. The van der Waals surface area contributed by atoms with Crippen LogP contribution in [0, 0.1) is 10.1 Å². The Morgan fingerprint density at radius 1 is 1.20 bits per heavy atom. The largest absolute Gasteiger partial charge is 0.494 e. The van der Waals surface area contributed by atoms with Crippen molar-refractivity contribution in [2.75, 3.05) is 18.6 Å². The van der Waals surface area contributed by atoms with Crippen LogP contribution >= 0.6 is 0 Å². The molecule has 0 saturated carbocycles. The molecule has 2 aromatic rings. The maximum Gasteiger partial charge on any atom is 0.340 e. The molecule has 30 heavy (non-hydrogen) atoms. The second-order valence-corrected chi connectivity index (χ2v) is 6.43. The van der Waals surface area contributed by atoms with Crippen molar-refractivity contribution in [1.29, 1.82) is 0 Å². The molecule has 1 heterocycles. The minimum Gasteiger partial charge on any atom is -0.494 e. The molecule has 0 radical (unpaired) electrons. The van der Waals surface area contributed by atoms with Crippen molar-refractivity contribution < 1.29 is 24.0 Å². The zero-order valence-electron chi connectivity index (χ0n) is 16.7. The first-order valence-electron chi connectivity index (χ1n) is 9.20. The molecule has 0 N–H and O–H groups in total. The van der Waals surface area contributed by atoms with Crippen LogP contribution in [0.15, 0.2) is 65.4 Å². The zero-order chi connectivity index (χ0) is 21.8. The topological polar surface area (TPSA) is 99.0 Å². The number of nitro benzene ring substituents is 1. The van der Waals surface area contributed by atoms with Gasteiger partial charge in [-0.2, -0.15) is 0 Å². The maximum atomic E-state index is 13.2. The Bertz CT molecular complexity index is 1070. The van der Waals surface area contributed by atoms with Gasteiger partial charge in [0, 0.05) is 23.5 Å². The van der Waals surface area contributed by atoms with Crippen LogP contribution in [0.1, 0.15) is 19.4 Å². The van der Waals surface area contributed by atoms with Gasteiger partial charge in [-0.3, -0.25) is 19.8 Å². The van der Waals surface area contributed by atoms with Gasteiger partial charge in [-0.25, -0.2) is 4.79 Å². The number of carbonyl (C=O) groups excluding carboxylic acids is 2. The van der Waals surface area contributed by atoms with Crippen LogP contribution < -0.4 is 9.64 Å². The molecule has 0 aliphatic carbocycles. The number of non-ortho nitro benzene ring substituents is 1. The van der Waals surface area contributed by atoms with Crippen molar-refractivity contribution in [3.8, 4) is 5.75 Å². The van der Waals surface area contributed by atoms with Gasteiger partial charge >= 0.3 is 5.97 Å². The predicted molar refractivity (Wildman–Crippen MR) is 111 cm³/mol. The quantitative estimate of drug-likeness (QED) is 0.311. The monoisotopic (exact) mass is 408 g/mol. The van der Waals surface area contributed by atoms with Crippen molar-refractivity contribution in [2.45, 2.75) is 13.8 Å². The summed E-state index contributed by atoms with van der Waals surface area (Å²) in [5.74, 6) is -0.426. The fraction of sp³-hybridized carbons (Fsp3) is 0.182. The van der Waals surface area contributed by atoms with E-state index < -0.39 is 16.8 Å². The minimum atomic E-state index is -0.661. The number of hydrogen-bond acceptors (Lipinski definition) is 6. The number of amides is 1. The lowest BCUT2D eigenvalue weighted by Crippen LogP contribution is -2.24. The van der Waals surface area contributed by atoms with E-state index in [1.165, 1.54) is 36.3 Å². The van der Waals surface area contributed by atoms with Crippen LogP contribution in [-0.4, -0.2) is 30.5 Å². The number of rotatable bonds is 6. The molecule has 3 rings (SSSR count). The van der Waals surface area contributed by atoms with Crippen LogP contribution in [0.5, 0.6) is 5.75 Å². The highest BCUT2D eigenvalue weighted by Crippen LogP contribution is 2.36. The van der Waals surface area contributed by atoms with Gasteiger partial charge in [0.15, 0.2) is 0 Å². The average molecular weight is 408 g/mol. The number of anilines is 1. The van der Waals surface area contributed by atoms with Gasteiger partial charge in [0.1, 0.15) is 5.75 Å². The van der Waals surface area contributed by atoms with Gasteiger partial charge in [0.25, 0.3) is 11.6 Å². The van der Waals surface area contributed by atoms with E-state index in [2.05, 4.69) is 0 Å². The molecular weight excluding hydrogens is 388 g/mol. The van der Waals surface area contributed by atoms with Gasteiger partial charge in [0.2, 0.25) is 0 Å². The molecule has 8 heteroatoms. The van der Waals surface area contributed by atoms with E-state index in [1.54, 1.807) is 37.3 Å². The molecule has 0 bridgehead atoms. The number of benzene rings is 2. The third-order valence-electron chi connectivity index (χ3n) is 4.59. The summed E-state index contributed by atoms with van der Waals surface area (Å²) in [5, 5.41) is 11.1. The van der Waals surface area contributed by atoms with E-state index in [-0.39, 0.29) is 16.8 Å². The smallest absolute Gasteiger partial charge is 0.340 e. The molecule has 0 atom stereocenters. The van der Waals surface area contributed by atoms with Crippen LogP contribution in [0.25, 0.3) is 6.08 Å². The first-order chi connectivity index (χ1) is 14.4. The summed E-state index contributed by atoms with van der Waals surface area (Å²) in [6.45, 7) is 4.04. The molecule has 8 nitrogen and oxygen atoms in total. The number of esters is 1. The van der Waals surface area contributed by atoms with Gasteiger partial charge in [-0.15, -0.1) is 0 Å². The normalized spacial score (nSPS) is 15.0. The van der Waals surface area contributed by atoms with E-state index in [0.717, 1.165) is 0 Å². The standard InChI is InChI=1S/C22H20N2O6/c1-4-30-18-10-8-16(9-11-18)23-14(2)20(22(26)29-3)19(21(23)25)13-15-6-5-7-17(12-15)24(27)28/h5-13H,4H2,1-3H3/b19-13-. The van der Waals surface area contributed by atoms with E-state index in [1.807, 2.05) is 6.92 Å². The van der Waals surface area contributed by atoms with Crippen molar-refractivity contribution in [3.05, 3.63) is 81.1 Å². The Hall–Kier alpha value is -3.94. The number of nitro groups is 1. The Balaban J connectivity index is 2.08. The molecule has 154 valence electrons. The number of ether oxygens (including phenoxy) is 2. The van der Waals surface area contributed by atoms with Crippen molar-refractivity contribution in [1.82, 2.24) is 0 Å². The van der Waals surface area contributed by atoms with E-state index in [4.69, 9.17) is 9.47 Å². The maximum absolute atomic E-state index is 13.2. The first-order valence-corrected chi connectivity index (χ1v) is 9.20. The van der Waals surface area contributed by atoms with Crippen LogP contribution in [-0.2, 0) is 14.3 Å². The predicted octanol–water partition coefficient (Wildman–Crippen LogP) is 3.87. The summed E-state index contributed by atoms with van der Waals surface area (Å²) < 4.78 is 10.3. The molecular formula is C22H20N2O6. The Morgan fingerprint density at radius 3 is 2.50 bits per heavy atom. The summed E-state index contributed by atoms with van der Waals surface area (Å²) in [7, 11) is 1.23. The molecule has 0 spiro atoms. The molecule has 0 unspecified atom stereocenters. The fourth-order valence-corrected chi connectivity index (χ4v) is 3.24. The Kier molecular flexibility index (Phi) is 5.96. The Labute approximate surface area is 173 Å². The lowest BCUT2D eigenvalue weighted by Gasteiger charge is -2.18. The second-order valence-electron chi connectivity index (χ2n) is 6.43. The van der Waals surface area contributed by atoms with Crippen LogP contribution in [0.2, 0.25) is 0 Å². The average Bonchev–Trinajstić information content (AvgIpc) is 2.98. The van der Waals surface area contributed by atoms with Gasteiger partial charge in [-0.1, -0.05) is 12.1 Å². The molecule has 1 aliphatic heterocycles. The highest BCUT2D eigenvalue weighted by molar-refractivity contribution is 6.23. The highest BCUT2D eigenvalue weighted by Gasteiger charge is 2.37. The van der Waals surface area contributed by atoms with E-state index in [9.17, 15) is 19.7 Å². The summed E-state index contributed by atoms with van der Waals surface area (Å²) in [6.07, 6.45) is 1.46. The summed E-state index contributed by atoms with van der Waals surface area (Å²) in [6, 6.07) is 12.7. The highest BCUT2D eigenvalue weighted by atomic mass is 16.6. The van der Waals surface area contributed by atoms with E-state index in [0.29, 0.717) is 29.3 Å². The van der Waals surface area contributed by atoms with Gasteiger partial charge in [0.05, 0.1) is 29.8 Å². The summed E-state index contributed by atoms with van der Waals surface area (Å²) >= 11 is 0. The molecule has 0 fully saturated rings. The number of hydrogen-bond donors (Lipinski definition) is 0. The molecule has 2 aromatic carbocycles. The molecule has 0 saturated heterocycles. The van der Waals surface area contributed by atoms with E-state index >= 15 is 0 Å². The summed E-state index contributed by atoms with van der Waals surface area (Å²) in [5.41, 5.74) is 1.50. The van der Waals surface area contributed by atoms with Crippen LogP contribution in [0.4, 0.5) is 11.4 Å². The third-order valence-corrected chi connectivity index (χ3v) is 4.59. The van der Waals surface area contributed by atoms with Gasteiger partial charge in [-0.05, 0) is 49.8 Å². The Morgan fingerprint density at radius 2 is 1.90 bits per heavy atom. The first kappa shape index (κ1) is 20.8. The van der Waals surface area contributed by atoms with Crippen molar-refractivity contribution in [3.63, 3.8) is 0 Å². The van der Waals surface area contributed by atoms with Crippen LogP contribution in [0.3, 0.4) is 0 Å². The number of allylic oxidation sites excluding steroid dienone is 1. The summed E-state index contributed by atoms with van der Waals surface area (Å²) in [4.78, 5) is 37.6. The molecule has 0 aromatic heterocycles. The van der Waals surface area contributed by atoms with Gasteiger partial charge < -0.3 is 9.47 Å². The lowest BCUT2D eigenvalue weighted by molar-refractivity contribution is -0.384. The zero-order valence-corrected chi connectivity index (χ0v) is 16.7. The minimum absolute atomic E-state index is 0.105. The van der Waals surface area contributed by atoms with Crippen molar-refractivity contribution in [2.24, 2.45) is 0 Å². The number of nitrogens with zero attached hydrogens (tertiary/aromatic N) is 2. The fourth-order valence-electron chi connectivity index (χ4n) is 3.24. The SMILES string of the molecule is CCOc1ccc(N2C(=O)/C(=C\c3cccc([N+](=O)[O-])c3)C(C(=O)OC)=C2C)cc1. The number of methoxy groups -OCH3 is 1. The second kappa shape index (κ2) is 8.60. The molecule has 1 aliphatic rings. The third kappa shape index (κ3) is 3.93. The lowest BCUT2D eigenvalue weighted by atomic mass is 10.0.